The highest BCUT2D eigenvalue weighted by molar-refractivity contribution is 7.13. The Labute approximate surface area is 165 Å². The van der Waals surface area contributed by atoms with Gasteiger partial charge in [0.1, 0.15) is 22.9 Å². The second-order valence-electron chi connectivity index (χ2n) is 5.83. The van der Waals surface area contributed by atoms with Crippen LogP contribution >= 0.6 is 11.3 Å². The van der Waals surface area contributed by atoms with E-state index in [0.717, 1.165) is 21.8 Å². The fourth-order valence-corrected chi connectivity index (χ4v) is 3.34. The van der Waals surface area contributed by atoms with Crippen LogP contribution in [0.5, 0.6) is 5.75 Å². The Morgan fingerprint density at radius 3 is 2.75 bits per heavy atom. The van der Waals surface area contributed by atoms with Crippen LogP contribution in [0.2, 0.25) is 0 Å². The van der Waals surface area contributed by atoms with Crippen molar-refractivity contribution in [3.8, 4) is 16.3 Å². The van der Waals surface area contributed by atoms with Crippen molar-refractivity contribution >= 4 is 34.5 Å². The number of fused-ring (bicyclic) bond motifs is 1. The van der Waals surface area contributed by atoms with Crippen LogP contribution < -0.4 is 4.74 Å². The third-order valence-electron chi connectivity index (χ3n) is 3.92. The van der Waals surface area contributed by atoms with E-state index in [9.17, 15) is 4.79 Å². The summed E-state index contributed by atoms with van der Waals surface area (Å²) in [4.78, 5) is 20.7. The number of para-hydroxylation sites is 2. The first-order valence-electron chi connectivity index (χ1n) is 8.50. The second-order valence-corrected chi connectivity index (χ2v) is 6.69. The topological polar surface area (TPSA) is 74.5 Å². The molecule has 0 saturated carbocycles. The largest absolute Gasteiger partial charge is 0.497 e. The average Bonchev–Trinajstić information content (AvgIpc) is 3.37. The van der Waals surface area contributed by atoms with E-state index in [1.807, 2.05) is 53.9 Å². The molecule has 0 aliphatic rings. The van der Waals surface area contributed by atoms with Crippen LogP contribution in [-0.2, 0) is 16.1 Å². The third-order valence-corrected chi connectivity index (χ3v) is 4.86. The Morgan fingerprint density at radius 2 is 1.96 bits per heavy atom. The number of nitrogens with zero attached hydrogens (tertiary/aromatic N) is 2. The standard InChI is InChI=1S/C21H16N2O4S/c1-25-16-8-6-14(7-9-16)21-22-15(13-28-21)12-26-20(24)11-10-19-23-17-4-2-3-5-18(17)27-19/h2-11,13H,12H2,1H3/b11-10+. The number of carbonyl (C=O) groups is 1. The quantitative estimate of drug-likeness (QED) is 0.349. The lowest BCUT2D eigenvalue weighted by molar-refractivity contribution is -0.139. The Hall–Kier alpha value is -3.45. The van der Waals surface area contributed by atoms with Crippen LogP contribution in [0.3, 0.4) is 0 Å². The van der Waals surface area contributed by atoms with Gasteiger partial charge in [-0.05, 0) is 36.4 Å². The van der Waals surface area contributed by atoms with E-state index in [2.05, 4.69) is 9.97 Å². The normalized spacial score (nSPS) is 11.2. The molecule has 0 radical (unpaired) electrons. The van der Waals surface area contributed by atoms with Gasteiger partial charge in [-0.2, -0.15) is 0 Å². The lowest BCUT2D eigenvalue weighted by atomic mass is 10.2. The first kappa shape index (κ1) is 17.9. The zero-order chi connectivity index (χ0) is 19.3. The summed E-state index contributed by atoms with van der Waals surface area (Å²) in [5.41, 5.74) is 3.09. The predicted octanol–water partition coefficient (Wildman–Crippen LogP) is 4.72. The molecule has 7 heteroatoms. The molecule has 0 aliphatic heterocycles. The van der Waals surface area contributed by atoms with E-state index < -0.39 is 5.97 Å². The zero-order valence-corrected chi connectivity index (χ0v) is 15.8. The minimum absolute atomic E-state index is 0.101. The van der Waals surface area contributed by atoms with Gasteiger partial charge in [-0.1, -0.05) is 12.1 Å². The van der Waals surface area contributed by atoms with Crippen molar-refractivity contribution < 1.29 is 18.7 Å². The van der Waals surface area contributed by atoms with Gasteiger partial charge in [0.2, 0.25) is 5.89 Å². The van der Waals surface area contributed by atoms with Crippen molar-refractivity contribution in [2.24, 2.45) is 0 Å². The van der Waals surface area contributed by atoms with Gasteiger partial charge in [-0.15, -0.1) is 11.3 Å². The lowest BCUT2D eigenvalue weighted by Crippen LogP contribution is -2.00. The summed E-state index contributed by atoms with van der Waals surface area (Å²) in [6.07, 6.45) is 2.79. The second kappa shape index (κ2) is 8.06. The average molecular weight is 392 g/mol. The Balaban J connectivity index is 1.35. The molecule has 140 valence electrons. The number of esters is 1. The molecule has 2 aromatic carbocycles. The van der Waals surface area contributed by atoms with E-state index in [0.29, 0.717) is 17.2 Å². The van der Waals surface area contributed by atoms with Gasteiger partial charge in [0.15, 0.2) is 5.58 Å². The maximum atomic E-state index is 11.9. The highest BCUT2D eigenvalue weighted by atomic mass is 32.1. The molecule has 0 spiro atoms. The molecule has 2 heterocycles. The molecule has 0 amide bonds. The molecule has 0 atom stereocenters. The van der Waals surface area contributed by atoms with E-state index >= 15 is 0 Å². The van der Waals surface area contributed by atoms with Gasteiger partial charge in [0.25, 0.3) is 0 Å². The number of oxazole rings is 1. The zero-order valence-electron chi connectivity index (χ0n) is 15.0. The Bertz CT molecular complexity index is 1100. The number of hydrogen-bond donors (Lipinski definition) is 0. The SMILES string of the molecule is COc1ccc(-c2nc(COC(=O)/C=C/c3nc4ccccc4o3)cs2)cc1. The summed E-state index contributed by atoms with van der Waals surface area (Å²) in [5, 5.41) is 2.73. The number of rotatable bonds is 6. The van der Waals surface area contributed by atoms with E-state index in [4.69, 9.17) is 13.9 Å². The van der Waals surface area contributed by atoms with E-state index in [1.54, 1.807) is 7.11 Å². The highest BCUT2D eigenvalue weighted by Gasteiger charge is 2.08. The van der Waals surface area contributed by atoms with Crippen LogP contribution in [-0.4, -0.2) is 23.0 Å². The summed E-state index contributed by atoms with van der Waals surface area (Å²) in [5.74, 6) is 0.662. The molecular weight excluding hydrogens is 376 g/mol. The number of aromatic nitrogens is 2. The molecule has 6 nitrogen and oxygen atoms in total. The van der Waals surface area contributed by atoms with Crippen LogP contribution in [0.15, 0.2) is 64.4 Å². The molecule has 0 saturated heterocycles. The predicted molar refractivity (Wildman–Crippen MR) is 107 cm³/mol. The van der Waals surface area contributed by atoms with Gasteiger partial charge in [-0.25, -0.2) is 14.8 Å². The van der Waals surface area contributed by atoms with Crippen molar-refractivity contribution in [3.05, 3.63) is 71.6 Å². The summed E-state index contributed by atoms with van der Waals surface area (Å²) in [6.45, 7) is 0.101. The molecule has 4 rings (SSSR count). The van der Waals surface area contributed by atoms with Crippen molar-refractivity contribution in [1.29, 1.82) is 0 Å². The van der Waals surface area contributed by atoms with Gasteiger partial charge < -0.3 is 13.9 Å². The molecule has 0 aliphatic carbocycles. The lowest BCUT2D eigenvalue weighted by Gasteiger charge is -2.00. The number of ether oxygens (including phenoxy) is 2. The van der Waals surface area contributed by atoms with Crippen molar-refractivity contribution in [2.75, 3.05) is 7.11 Å². The molecule has 0 unspecified atom stereocenters. The van der Waals surface area contributed by atoms with Gasteiger partial charge >= 0.3 is 5.97 Å². The Morgan fingerprint density at radius 1 is 1.14 bits per heavy atom. The van der Waals surface area contributed by atoms with Gasteiger partial charge in [0, 0.05) is 23.1 Å². The molecule has 0 bridgehead atoms. The molecule has 0 N–H and O–H groups in total. The fraction of sp³-hybridized carbons (Fsp3) is 0.0952. The van der Waals surface area contributed by atoms with Gasteiger partial charge in [0.05, 0.1) is 12.8 Å². The summed E-state index contributed by atoms with van der Waals surface area (Å²) >= 11 is 1.49. The summed E-state index contributed by atoms with van der Waals surface area (Å²) < 4.78 is 15.9. The molecule has 0 fully saturated rings. The minimum atomic E-state index is -0.485. The number of carbonyl (C=O) groups excluding carboxylic acids is 1. The van der Waals surface area contributed by atoms with Crippen molar-refractivity contribution in [1.82, 2.24) is 9.97 Å². The van der Waals surface area contributed by atoms with Crippen LogP contribution in [0.4, 0.5) is 0 Å². The number of thiazole rings is 1. The summed E-state index contributed by atoms with van der Waals surface area (Å²) in [6, 6.07) is 15.1. The van der Waals surface area contributed by atoms with Crippen LogP contribution in [0.1, 0.15) is 11.6 Å². The third kappa shape index (κ3) is 4.10. The molecule has 2 aromatic heterocycles. The first-order chi connectivity index (χ1) is 13.7. The maximum Gasteiger partial charge on any atom is 0.331 e. The van der Waals surface area contributed by atoms with Gasteiger partial charge in [-0.3, -0.25) is 0 Å². The smallest absolute Gasteiger partial charge is 0.331 e. The summed E-state index contributed by atoms with van der Waals surface area (Å²) in [7, 11) is 1.63. The van der Waals surface area contributed by atoms with E-state index in [1.165, 1.54) is 23.5 Å². The molecular formula is C21H16N2O4S. The first-order valence-corrected chi connectivity index (χ1v) is 9.38. The maximum absolute atomic E-state index is 11.9. The van der Waals surface area contributed by atoms with E-state index in [-0.39, 0.29) is 6.61 Å². The molecule has 4 aromatic rings. The minimum Gasteiger partial charge on any atom is -0.497 e. The monoisotopic (exact) mass is 392 g/mol. The van der Waals surface area contributed by atoms with Crippen molar-refractivity contribution in [2.45, 2.75) is 6.61 Å². The molecule has 28 heavy (non-hydrogen) atoms. The van der Waals surface area contributed by atoms with Crippen molar-refractivity contribution in [3.63, 3.8) is 0 Å². The number of hydrogen-bond acceptors (Lipinski definition) is 7. The van der Waals surface area contributed by atoms with Crippen LogP contribution in [0, 0.1) is 0 Å². The number of benzene rings is 2. The Kier molecular flexibility index (Phi) is 5.16. The van der Waals surface area contributed by atoms with Crippen LogP contribution in [0.25, 0.3) is 27.7 Å². The highest BCUT2D eigenvalue weighted by Crippen LogP contribution is 2.26. The number of methoxy groups -OCH3 is 1. The fourth-order valence-electron chi connectivity index (χ4n) is 2.53.